The van der Waals surface area contributed by atoms with Gasteiger partial charge in [0, 0.05) is 0 Å². The summed E-state index contributed by atoms with van der Waals surface area (Å²) in [7, 11) is 0. The third-order valence-corrected chi connectivity index (χ3v) is 3.06. The van der Waals surface area contributed by atoms with Crippen LogP contribution in [-0.4, -0.2) is 0 Å². The normalized spacial score (nSPS) is 10.7. The zero-order chi connectivity index (χ0) is 13.1. The molecule has 0 aliphatic heterocycles. The van der Waals surface area contributed by atoms with Gasteiger partial charge in [0.05, 0.1) is 0 Å². The van der Waals surface area contributed by atoms with E-state index in [2.05, 4.69) is 0 Å². The van der Waals surface area contributed by atoms with Crippen LogP contribution in [0.2, 0.25) is 0 Å². The molecule has 0 saturated heterocycles. The highest BCUT2D eigenvalue weighted by Crippen LogP contribution is 2.24. The third-order valence-electron chi connectivity index (χ3n) is 3.06. The van der Waals surface area contributed by atoms with Crippen molar-refractivity contribution in [3.05, 3.63) is 59.2 Å². The van der Waals surface area contributed by atoms with Crippen LogP contribution in [-0.2, 0) is 12.8 Å². The van der Waals surface area contributed by atoms with Gasteiger partial charge in [-0.15, -0.1) is 0 Å². The molecule has 2 rings (SSSR count). The lowest BCUT2D eigenvalue weighted by atomic mass is 9.99. The smallest absolute Gasteiger partial charge is 0.124 e. The fraction of sp³-hybridized carbons (Fsp3) is 0.250. The lowest BCUT2D eigenvalue weighted by molar-refractivity contribution is 0.623. The minimum Gasteiger partial charge on any atom is -0.207 e. The molecule has 0 aliphatic rings. The molecule has 94 valence electrons. The first-order valence-corrected chi connectivity index (χ1v) is 6.21. The Bertz CT molecular complexity index is 508. The molecule has 0 nitrogen and oxygen atoms in total. The largest absolute Gasteiger partial charge is 0.207 e. The standard InChI is InChI=1S/C16H16F2/c1-3-11-5-13(9-15(17)7-11)14-6-12(4-2)8-16(18)10-14/h5-10H,3-4H2,1-2H3. The molecule has 0 N–H and O–H groups in total. The van der Waals surface area contributed by atoms with Crippen LogP contribution in [0.25, 0.3) is 11.1 Å². The Hall–Kier alpha value is -1.70. The molecular formula is C16H16F2. The maximum absolute atomic E-state index is 13.5. The van der Waals surface area contributed by atoms with Crippen LogP contribution in [0, 0.1) is 11.6 Å². The quantitative estimate of drug-likeness (QED) is 0.732. The summed E-state index contributed by atoms with van der Waals surface area (Å²) in [5, 5.41) is 0. The zero-order valence-electron chi connectivity index (χ0n) is 10.6. The van der Waals surface area contributed by atoms with Crippen LogP contribution in [0.3, 0.4) is 0 Å². The molecule has 0 saturated carbocycles. The van der Waals surface area contributed by atoms with Crippen molar-refractivity contribution in [1.29, 1.82) is 0 Å². The van der Waals surface area contributed by atoms with Gasteiger partial charge in [-0.3, -0.25) is 0 Å². The minimum absolute atomic E-state index is 0.272. The number of rotatable bonds is 3. The fourth-order valence-corrected chi connectivity index (χ4v) is 2.04. The summed E-state index contributed by atoms with van der Waals surface area (Å²) >= 11 is 0. The monoisotopic (exact) mass is 246 g/mol. The fourth-order valence-electron chi connectivity index (χ4n) is 2.04. The van der Waals surface area contributed by atoms with Gasteiger partial charge in [0.2, 0.25) is 0 Å². The molecule has 0 atom stereocenters. The second kappa shape index (κ2) is 5.30. The van der Waals surface area contributed by atoms with Crippen LogP contribution in [0.5, 0.6) is 0 Å². The average Bonchev–Trinajstić information content (AvgIpc) is 2.37. The van der Waals surface area contributed by atoms with E-state index in [9.17, 15) is 8.78 Å². The van der Waals surface area contributed by atoms with Gasteiger partial charge in [-0.1, -0.05) is 26.0 Å². The first-order chi connectivity index (χ1) is 8.62. The highest BCUT2D eigenvalue weighted by atomic mass is 19.1. The van der Waals surface area contributed by atoms with Gasteiger partial charge in [0.15, 0.2) is 0 Å². The van der Waals surface area contributed by atoms with Gasteiger partial charge < -0.3 is 0 Å². The molecule has 0 fully saturated rings. The minimum atomic E-state index is -0.272. The zero-order valence-corrected chi connectivity index (χ0v) is 10.6. The van der Waals surface area contributed by atoms with E-state index in [4.69, 9.17) is 0 Å². The number of hydrogen-bond acceptors (Lipinski definition) is 0. The van der Waals surface area contributed by atoms with Crippen LogP contribution >= 0.6 is 0 Å². The number of hydrogen-bond donors (Lipinski definition) is 0. The van der Waals surface area contributed by atoms with Crippen LogP contribution in [0.1, 0.15) is 25.0 Å². The van der Waals surface area contributed by atoms with Crippen molar-refractivity contribution >= 4 is 0 Å². The molecule has 2 heteroatoms. The van der Waals surface area contributed by atoms with E-state index in [-0.39, 0.29) is 11.6 Å². The summed E-state index contributed by atoms with van der Waals surface area (Å²) in [6.45, 7) is 3.95. The van der Waals surface area contributed by atoms with Gasteiger partial charge in [-0.2, -0.15) is 0 Å². The van der Waals surface area contributed by atoms with Gasteiger partial charge in [0.1, 0.15) is 11.6 Å². The highest BCUT2D eigenvalue weighted by Gasteiger charge is 2.05. The molecule has 0 aromatic heterocycles. The van der Waals surface area contributed by atoms with Crippen molar-refractivity contribution < 1.29 is 8.78 Å². The molecule has 0 aliphatic carbocycles. The molecule has 0 spiro atoms. The molecule has 0 bridgehead atoms. The summed E-state index contributed by atoms with van der Waals surface area (Å²) in [5.74, 6) is -0.543. The van der Waals surface area contributed by atoms with E-state index < -0.39 is 0 Å². The van der Waals surface area contributed by atoms with E-state index >= 15 is 0 Å². The van der Waals surface area contributed by atoms with E-state index in [0.717, 1.165) is 35.1 Å². The first kappa shape index (κ1) is 12.7. The Morgan fingerprint density at radius 3 is 1.39 bits per heavy atom. The second-order valence-electron chi connectivity index (χ2n) is 4.40. The van der Waals surface area contributed by atoms with E-state index in [1.165, 1.54) is 24.3 Å². The Morgan fingerprint density at radius 1 is 0.667 bits per heavy atom. The Balaban J connectivity index is 2.53. The van der Waals surface area contributed by atoms with E-state index in [0.29, 0.717) is 0 Å². The molecule has 2 aromatic carbocycles. The van der Waals surface area contributed by atoms with E-state index in [1.807, 2.05) is 26.0 Å². The summed E-state index contributed by atoms with van der Waals surface area (Å²) < 4.78 is 27.0. The maximum atomic E-state index is 13.5. The lowest BCUT2D eigenvalue weighted by Gasteiger charge is -2.07. The predicted octanol–water partition coefficient (Wildman–Crippen LogP) is 4.76. The number of benzene rings is 2. The third kappa shape index (κ3) is 2.76. The van der Waals surface area contributed by atoms with Crippen molar-refractivity contribution in [2.75, 3.05) is 0 Å². The Kier molecular flexibility index (Phi) is 3.75. The number of aryl methyl sites for hydroxylation is 2. The molecule has 0 radical (unpaired) electrons. The topological polar surface area (TPSA) is 0 Å². The summed E-state index contributed by atoms with van der Waals surface area (Å²) in [5.41, 5.74) is 3.32. The van der Waals surface area contributed by atoms with Crippen LogP contribution < -0.4 is 0 Å². The van der Waals surface area contributed by atoms with Crippen LogP contribution in [0.15, 0.2) is 36.4 Å². The van der Waals surface area contributed by atoms with Gasteiger partial charge in [-0.25, -0.2) is 8.78 Å². The van der Waals surface area contributed by atoms with E-state index in [1.54, 1.807) is 0 Å². The van der Waals surface area contributed by atoms with Gasteiger partial charge in [0.25, 0.3) is 0 Å². The van der Waals surface area contributed by atoms with Gasteiger partial charge >= 0.3 is 0 Å². The molecule has 0 amide bonds. The molecule has 0 unspecified atom stereocenters. The van der Waals surface area contributed by atoms with Crippen molar-refractivity contribution in [3.63, 3.8) is 0 Å². The lowest BCUT2D eigenvalue weighted by Crippen LogP contribution is -1.90. The van der Waals surface area contributed by atoms with Crippen molar-refractivity contribution in [1.82, 2.24) is 0 Å². The Labute approximate surface area is 106 Å². The molecule has 0 heterocycles. The second-order valence-corrected chi connectivity index (χ2v) is 4.40. The van der Waals surface area contributed by atoms with Crippen molar-refractivity contribution in [2.24, 2.45) is 0 Å². The van der Waals surface area contributed by atoms with Crippen molar-refractivity contribution in [2.45, 2.75) is 26.7 Å². The average molecular weight is 246 g/mol. The summed E-state index contributed by atoms with van der Waals surface area (Å²) in [6, 6.07) is 9.77. The van der Waals surface area contributed by atoms with Crippen molar-refractivity contribution in [3.8, 4) is 11.1 Å². The highest BCUT2D eigenvalue weighted by molar-refractivity contribution is 5.65. The SMILES string of the molecule is CCc1cc(F)cc(-c2cc(F)cc(CC)c2)c1. The Morgan fingerprint density at radius 2 is 1.06 bits per heavy atom. The number of halogens is 2. The first-order valence-electron chi connectivity index (χ1n) is 6.21. The predicted molar refractivity (Wildman–Crippen MR) is 70.6 cm³/mol. The van der Waals surface area contributed by atoms with Gasteiger partial charge in [-0.05, 0) is 59.4 Å². The molecule has 2 aromatic rings. The summed E-state index contributed by atoms with van der Waals surface area (Å²) in [6.07, 6.45) is 1.53. The molecular weight excluding hydrogens is 230 g/mol. The van der Waals surface area contributed by atoms with Crippen LogP contribution in [0.4, 0.5) is 8.78 Å². The molecule has 18 heavy (non-hydrogen) atoms. The maximum Gasteiger partial charge on any atom is 0.124 e. The summed E-state index contributed by atoms with van der Waals surface area (Å²) in [4.78, 5) is 0.